The van der Waals surface area contributed by atoms with Gasteiger partial charge < -0.3 is 15.0 Å². The fourth-order valence-corrected chi connectivity index (χ4v) is 3.43. The predicted molar refractivity (Wildman–Crippen MR) is 91.7 cm³/mol. The first-order valence-corrected chi connectivity index (χ1v) is 8.56. The molecule has 0 amide bonds. The number of hydrogen-bond donors (Lipinski definition) is 1. The van der Waals surface area contributed by atoms with Crippen molar-refractivity contribution in [2.45, 2.75) is 44.6 Å². The molecule has 0 radical (unpaired) electrons. The molecule has 2 aliphatic rings. The highest BCUT2D eigenvalue weighted by Crippen LogP contribution is 2.27. The Bertz CT molecular complexity index is 509. The molecular weight excluding hydrogens is 274 g/mol. The minimum absolute atomic E-state index is 0.518. The van der Waals surface area contributed by atoms with Gasteiger partial charge >= 0.3 is 0 Å². The summed E-state index contributed by atoms with van der Waals surface area (Å²) in [5.41, 5.74) is 2.70. The summed E-state index contributed by atoms with van der Waals surface area (Å²) in [6, 6.07) is 8.59. The molecule has 0 aromatic heterocycles. The van der Waals surface area contributed by atoms with Crippen LogP contribution >= 0.6 is 0 Å². The van der Waals surface area contributed by atoms with Crippen molar-refractivity contribution in [3.63, 3.8) is 0 Å². The van der Waals surface area contributed by atoms with Gasteiger partial charge in [0, 0.05) is 32.4 Å². The average Bonchev–Trinajstić information content (AvgIpc) is 3.20. The molecule has 1 fully saturated rings. The maximum atomic E-state index is 5.91. The second-order valence-electron chi connectivity index (χ2n) is 6.14. The van der Waals surface area contributed by atoms with Crippen LogP contribution in [0.25, 0.3) is 0 Å². The number of ether oxygens (including phenoxy) is 1. The fraction of sp³-hybridized carbons (Fsp3) is 0.611. The highest BCUT2D eigenvalue weighted by Gasteiger charge is 2.22. The zero-order chi connectivity index (χ0) is 15.2. The normalized spacial score (nSPS) is 18.8. The van der Waals surface area contributed by atoms with Crippen LogP contribution in [0.3, 0.4) is 0 Å². The molecular formula is C18H27N3O. The Kier molecular flexibility index (Phi) is 5.33. The van der Waals surface area contributed by atoms with Gasteiger partial charge in [0.2, 0.25) is 0 Å². The van der Waals surface area contributed by atoms with Gasteiger partial charge in [0.05, 0.1) is 6.10 Å². The molecule has 0 bridgehead atoms. The molecule has 4 nitrogen and oxygen atoms in total. The number of guanidine groups is 1. The summed E-state index contributed by atoms with van der Waals surface area (Å²) in [6.07, 6.45) is 7.82. The van der Waals surface area contributed by atoms with Crippen molar-refractivity contribution in [2.24, 2.45) is 4.99 Å². The number of anilines is 1. The fourth-order valence-electron chi connectivity index (χ4n) is 3.43. The quantitative estimate of drug-likeness (QED) is 0.516. The van der Waals surface area contributed by atoms with E-state index >= 15 is 0 Å². The molecule has 1 heterocycles. The lowest BCUT2D eigenvalue weighted by atomic mass is 10.2. The number of benzene rings is 1. The van der Waals surface area contributed by atoms with Gasteiger partial charge in [-0.25, -0.2) is 0 Å². The molecule has 0 spiro atoms. The molecule has 0 saturated heterocycles. The molecule has 0 atom stereocenters. The van der Waals surface area contributed by atoms with E-state index in [9.17, 15) is 0 Å². The first-order chi connectivity index (χ1) is 10.9. The van der Waals surface area contributed by atoms with Crippen LogP contribution in [-0.2, 0) is 11.2 Å². The van der Waals surface area contributed by atoms with Gasteiger partial charge in [-0.1, -0.05) is 31.0 Å². The van der Waals surface area contributed by atoms with Gasteiger partial charge in [0.25, 0.3) is 0 Å². The van der Waals surface area contributed by atoms with Crippen molar-refractivity contribution < 1.29 is 4.74 Å². The smallest absolute Gasteiger partial charge is 0.198 e. The van der Waals surface area contributed by atoms with E-state index < -0.39 is 0 Å². The average molecular weight is 301 g/mol. The highest BCUT2D eigenvalue weighted by molar-refractivity contribution is 5.97. The number of fused-ring (bicyclic) bond motifs is 1. The second-order valence-corrected chi connectivity index (χ2v) is 6.14. The second kappa shape index (κ2) is 7.63. The molecule has 1 aromatic rings. The first kappa shape index (κ1) is 15.3. The van der Waals surface area contributed by atoms with Crippen molar-refractivity contribution in [3.8, 4) is 0 Å². The zero-order valence-corrected chi connectivity index (χ0v) is 13.6. The number of rotatable bonds is 5. The molecule has 1 aliphatic carbocycles. The lowest BCUT2D eigenvalue weighted by molar-refractivity contribution is 0.0574. The van der Waals surface area contributed by atoms with E-state index in [4.69, 9.17) is 4.74 Å². The first-order valence-electron chi connectivity index (χ1n) is 8.56. The van der Waals surface area contributed by atoms with Crippen molar-refractivity contribution in [1.29, 1.82) is 0 Å². The van der Waals surface area contributed by atoms with Gasteiger partial charge in [-0.05, 0) is 37.3 Å². The van der Waals surface area contributed by atoms with E-state index in [1.807, 2.05) is 7.05 Å². The summed E-state index contributed by atoms with van der Waals surface area (Å²) in [7, 11) is 1.86. The van der Waals surface area contributed by atoms with Crippen molar-refractivity contribution >= 4 is 11.6 Å². The van der Waals surface area contributed by atoms with Crippen molar-refractivity contribution in [1.82, 2.24) is 5.32 Å². The van der Waals surface area contributed by atoms with Crippen LogP contribution < -0.4 is 10.2 Å². The Morgan fingerprint density at radius 2 is 2.14 bits per heavy atom. The van der Waals surface area contributed by atoms with Gasteiger partial charge in [-0.2, -0.15) is 0 Å². The Labute approximate surface area is 133 Å². The van der Waals surface area contributed by atoms with Crippen LogP contribution in [0, 0.1) is 0 Å². The van der Waals surface area contributed by atoms with E-state index in [0.29, 0.717) is 6.10 Å². The van der Waals surface area contributed by atoms with E-state index in [1.54, 1.807) is 0 Å². The largest absolute Gasteiger partial charge is 0.378 e. The highest BCUT2D eigenvalue weighted by atomic mass is 16.5. The molecule has 3 rings (SSSR count). The Hall–Kier alpha value is -1.55. The summed E-state index contributed by atoms with van der Waals surface area (Å²) < 4.78 is 5.91. The molecule has 1 saturated carbocycles. The summed E-state index contributed by atoms with van der Waals surface area (Å²) in [5.74, 6) is 0.978. The third-order valence-corrected chi connectivity index (χ3v) is 4.61. The number of nitrogens with one attached hydrogen (secondary N) is 1. The lowest BCUT2D eigenvalue weighted by Gasteiger charge is -2.22. The summed E-state index contributed by atoms with van der Waals surface area (Å²) >= 11 is 0. The third-order valence-electron chi connectivity index (χ3n) is 4.61. The summed E-state index contributed by atoms with van der Waals surface area (Å²) in [6.45, 7) is 2.78. The van der Waals surface area contributed by atoms with E-state index in [2.05, 4.69) is 39.5 Å². The van der Waals surface area contributed by atoms with Gasteiger partial charge in [-0.15, -0.1) is 0 Å². The molecule has 1 aromatic carbocycles. The summed E-state index contributed by atoms with van der Waals surface area (Å²) in [4.78, 5) is 6.72. The lowest BCUT2D eigenvalue weighted by Crippen LogP contribution is -2.41. The number of nitrogens with zero attached hydrogens (tertiary/aromatic N) is 2. The third kappa shape index (κ3) is 3.61. The van der Waals surface area contributed by atoms with Crippen LogP contribution in [0.4, 0.5) is 5.69 Å². The van der Waals surface area contributed by atoms with Gasteiger partial charge in [0.1, 0.15) is 0 Å². The topological polar surface area (TPSA) is 36.9 Å². The van der Waals surface area contributed by atoms with E-state index in [0.717, 1.165) is 38.5 Å². The van der Waals surface area contributed by atoms with Crippen molar-refractivity contribution in [2.75, 3.05) is 31.6 Å². The number of aliphatic imine (C=N–C) groups is 1. The van der Waals surface area contributed by atoms with E-state index in [1.165, 1.54) is 36.9 Å². The summed E-state index contributed by atoms with van der Waals surface area (Å²) in [5, 5.41) is 3.47. The molecule has 1 N–H and O–H groups in total. The van der Waals surface area contributed by atoms with Crippen LogP contribution in [0.1, 0.15) is 37.7 Å². The SMILES string of the molecule is CN=C(NCCCOC1CCCC1)N1CCc2ccccc21. The predicted octanol–water partition coefficient (Wildman–Crippen LogP) is 2.97. The zero-order valence-electron chi connectivity index (χ0n) is 13.6. The molecule has 120 valence electrons. The van der Waals surface area contributed by atoms with Gasteiger partial charge in [-0.3, -0.25) is 4.99 Å². The maximum absolute atomic E-state index is 5.91. The number of para-hydroxylation sites is 1. The van der Waals surface area contributed by atoms with Crippen LogP contribution in [-0.4, -0.2) is 38.8 Å². The van der Waals surface area contributed by atoms with Crippen LogP contribution in [0.5, 0.6) is 0 Å². The monoisotopic (exact) mass is 301 g/mol. The Morgan fingerprint density at radius 1 is 1.32 bits per heavy atom. The van der Waals surface area contributed by atoms with Crippen LogP contribution in [0.2, 0.25) is 0 Å². The molecule has 22 heavy (non-hydrogen) atoms. The van der Waals surface area contributed by atoms with Crippen molar-refractivity contribution in [3.05, 3.63) is 29.8 Å². The Balaban J connectivity index is 1.43. The number of hydrogen-bond acceptors (Lipinski definition) is 2. The van der Waals surface area contributed by atoms with Crippen LogP contribution in [0.15, 0.2) is 29.3 Å². The molecule has 0 unspecified atom stereocenters. The standard InChI is InChI=1S/C18H27N3O/c1-19-18(20-12-6-14-22-16-8-3-4-9-16)21-13-11-15-7-2-5-10-17(15)21/h2,5,7,10,16H,3-4,6,8-9,11-14H2,1H3,(H,19,20). The Morgan fingerprint density at radius 3 is 2.95 bits per heavy atom. The maximum Gasteiger partial charge on any atom is 0.198 e. The minimum Gasteiger partial charge on any atom is -0.378 e. The van der Waals surface area contributed by atoms with Gasteiger partial charge in [0.15, 0.2) is 5.96 Å². The minimum atomic E-state index is 0.518. The van der Waals surface area contributed by atoms with E-state index in [-0.39, 0.29) is 0 Å². The molecule has 1 aliphatic heterocycles. The molecule has 4 heteroatoms.